The molecule has 3 heterocycles. The van der Waals surface area contributed by atoms with Crippen molar-refractivity contribution in [3.8, 4) is 0 Å². The van der Waals surface area contributed by atoms with Crippen LogP contribution in [0.4, 0.5) is 0 Å². The van der Waals surface area contributed by atoms with E-state index in [4.69, 9.17) is 0 Å². The van der Waals surface area contributed by atoms with Gasteiger partial charge in [0.25, 0.3) is 0 Å². The van der Waals surface area contributed by atoms with E-state index in [9.17, 15) is 0 Å². The van der Waals surface area contributed by atoms with Gasteiger partial charge in [0.15, 0.2) is 0 Å². The average molecular weight is 218 g/mol. The highest BCUT2D eigenvalue weighted by molar-refractivity contribution is 9.19. The van der Waals surface area contributed by atoms with Crippen LogP contribution >= 0.6 is 59.7 Å². The van der Waals surface area contributed by atoms with Crippen molar-refractivity contribution in [2.24, 2.45) is 0 Å². The summed E-state index contributed by atoms with van der Waals surface area (Å²) in [5.41, 5.74) is 0. The molecule has 0 saturated carbocycles. The Bertz CT molecular complexity index is 96.6. The number of rotatable bonds is 0. The van der Waals surface area contributed by atoms with Crippen LogP contribution in [0.3, 0.4) is 0 Å². The van der Waals surface area contributed by atoms with E-state index < -0.39 is 0 Å². The van der Waals surface area contributed by atoms with Crippen LogP contribution in [0, 0.1) is 0 Å². The summed E-state index contributed by atoms with van der Waals surface area (Å²) in [6, 6.07) is 0. The van der Waals surface area contributed by atoms with Gasteiger partial charge in [-0.15, -0.1) is 12.2 Å². The summed E-state index contributed by atoms with van der Waals surface area (Å²) in [5.74, 6) is 0. The standard InChI is InChI=1S/C2H4P2S4/c5-1-2-3(6)4(1)8-7-2/h1-2,5-6H. The van der Waals surface area contributed by atoms with Crippen molar-refractivity contribution >= 4 is 59.7 Å². The Kier molecular flexibility index (Phi) is 2.07. The maximum Gasteiger partial charge on any atom is 0.0659 e. The maximum atomic E-state index is 4.50. The van der Waals surface area contributed by atoms with Crippen LogP contribution in [0.1, 0.15) is 0 Å². The van der Waals surface area contributed by atoms with Crippen LogP contribution in [0.5, 0.6) is 0 Å². The van der Waals surface area contributed by atoms with Crippen molar-refractivity contribution in [2.75, 3.05) is 0 Å². The van der Waals surface area contributed by atoms with Gasteiger partial charge in [0.05, 0.1) is 9.98 Å². The molecule has 0 amide bonds. The highest BCUT2D eigenvalue weighted by Crippen LogP contribution is 3.03. The van der Waals surface area contributed by atoms with E-state index in [2.05, 4.69) is 24.9 Å². The minimum absolute atomic E-state index is 0.140. The largest absolute Gasteiger partial charge is 0.168 e. The molecule has 0 nitrogen and oxygen atoms in total. The molecule has 3 aliphatic heterocycles. The highest BCUT2D eigenvalue weighted by atomic mass is 33.4. The SMILES string of the molecule is SC1C2SSP1P2S. The molecular weight excluding hydrogens is 214 g/mol. The second-order valence-corrected chi connectivity index (χ2v) is 15.3. The summed E-state index contributed by atoms with van der Waals surface area (Å²) in [7, 11) is 4.05. The fourth-order valence-electron chi connectivity index (χ4n) is 0.646. The van der Waals surface area contributed by atoms with Gasteiger partial charge in [0.2, 0.25) is 0 Å². The summed E-state index contributed by atoms with van der Waals surface area (Å²) in [5, 5.41) is 0. The zero-order chi connectivity index (χ0) is 5.72. The summed E-state index contributed by atoms with van der Waals surface area (Å²) in [6.07, 6.45) is 0. The molecule has 46 valence electrons. The molecule has 3 fully saturated rings. The topological polar surface area (TPSA) is 0 Å². The minimum Gasteiger partial charge on any atom is -0.168 e. The smallest absolute Gasteiger partial charge is 0.0659 e. The summed E-state index contributed by atoms with van der Waals surface area (Å²) >= 11 is 8.95. The number of fused-ring (bicyclic) bond motifs is 1. The fourth-order valence-corrected chi connectivity index (χ4v) is 28.0. The van der Waals surface area contributed by atoms with Crippen LogP contribution in [-0.2, 0) is 0 Å². The van der Waals surface area contributed by atoms with Gasteiger partial charge < -0.3 is 0 Å². The van der Waals surface area contributed by atoms with E-state index in [1.807, 2.05) is 21.2 Å². The molecular formula is C2H4P2S4. The Morgan fingerprint density at radius 3 is 2.38 bits per heavy atom. The van der Waals surface area contributed by atoms with Gasteiger partial charge >= 0.3 is 0 Å². The molecule has 0 aromatic heterocycles. The van der Waals surface area contributed by atoms with Gasteiger partial charge in [0, 0.05) is 13.6 Å². The first-order valence-corrected chi connectivity index (χ1v) is 10.1. The van der Waals surface area contributed by atoms with Crippen molar-refractivity contribution in [1.82, 2.24) is 0 Å². The quantitative estimate of drug-likeness (QED) is 0.362. The fraction of sp³-hybridized carbons (Fsp3) is 1.00. The zero-order valence-corrected chi connectivity index (χ0v) is 8.97. The lowest BCUT2D eigenvalue weighted by Gasteiger charge is -2.35. The summed E-state index contributed by atoms with van der Waals surface area (Å²) in [4.78, 5) is 1.55. The first-order chi connectivity index (χ1) is 3.80. The van der Waals surface area contributed by atoms with Crippen LogP contribution in [0.25, 0.3) is 0 Å². The normalized spacial score (nSPS) is 60.8. The summed E-state index contributed by atoms with van der Waals surface area (Å²) < 4.78 is 0. The van der Waals surface area contributed by atoms with Crippen molar-refractivity contribution in [3.63, 3.8) is 0 Å². The van der Waals surface area contributed by atoms with Crippen LogP contribution in [0.2, 0.25) is 0 Å². The van der Waals surface area contributed by atoms with Gasteiger partial charge in [0.1, 0.15) is 0 Å². The van der Waals surface area contributed by atoms with Gasteiger partial charge in [-0.3, -0.25) is 0 Å². The molecule has 3 rings (SSSR count). The number of hydrogen-bond acceptors (Lipinski definition) is 4. The van der Waals surface area contributed by atoms with E-state index in [0.717, 1.165) is 9.98 Å². The monoisotopic (exact) mass is 218 g/mol. The maximum absolute atomic E-state index is 4.50. The molecule has 0 aromatic rings. The molecule has 3 aliphatic rings. The van der Waals surface area contributed by atoms with Gasteiger partial charge in [-0.2, -0.15) is 12.6 Å². The lowest BCUT2D eigenvalue weighted by atomic mass is 10.9. The van der Waals surface area contributed by atoms with E-state index in [1.165, 1.54) is 0 Å². The van der Waals surface area contributed by atoms with Gasteiger partial charge in [-0.25, -0.2) is 0 Å². The molecule has 0 radical (unpaired) electrons. The lowest BCUT2D eigenvalue weighted by Crippen LogP contribution is -2.13. The van der Waals surface area contributed by atoms with Gasteiger partial charge in [-0.1, -0.05) is 21.2 Å². The Balaban J connectivity index is 2.15. The minimum atomic E-state index is 0.140. The Morgan fingerprint density at radius 2 is 2.25 bits per heavy atom. The molecule has 3 saturated heterocycles. The first-order valence-electron chi connectivity index (χ1n) is 2.09. The van der Waals surface area contributed by atoms with E-state index in [1.54, 1.807) is 0 Å². The molecule has 8 heavy (non-hydrogen) atoms. The Labute approximate surface area is 69.4 Å². The molecule has 0 aliphatic carbocycles. The molecule has 0 spiro atoms. The third-order valence-corrected chi connectivity index (χ3v) is 22.8. The number of hydrogen-bond donors (Lipinski definition) is 2. The van der Waals surface area contributed by atoms with Crippen molar-refractivity contribution in [1.29, 1.82) is 0 Å². The second-order valence-electron chi connectivity index (χ2n) is 1.60. The molecule has 2 bridgehead atoms. The Hall–Kier alpha value is 2.26. The lowest BCUT2D eigenvalue weighted by molar-refractivity contribution is 1.35. The Morgan fingerprint density at radius 1 is 1.50 bits per heavy atom. The van der Waals surface area contributed by atoms with Crippen LogP contribution in [0.15, 0.2) is 0 Å². The number of thiol groups is 2. The molecule has 6 heteroatoms. The third kappa shape index (κ3) is 0.805. The van der Waals surface area contributed by atoms with Crippen molar-refractivity contribution in [3.05, 3.63) is 0 Å². The highest BCUT2D eigenvalue weighted by Gasteiger charge is 2.54. The molecule has 0 aromatic carbocycles. The predicted molar refractivity (Wildman–Crippen MR) is 54.6 cm³/mol. The van der Waals surface area contributed by atoms with Crippen LogP contribution < -0.4 is 0 Å². The molecule has 0 N–H and O–H groups in total. The van der Waals surface area contributed by atoms with Crippen LogP contribution in [-0.4, -0.2) is 9.98 Å². The molecule has 4 atom stereocenters. The molecule has 4 unspecified atom stereocenters. The summed E-state index contributed by atoms with van der Waals surface area (Å²) in [6.45, 7) is 0.369. The third-order valence-electron chi connectivity index (χ3n) is 1.13. The predicted octanol–water partition coefficient (Wildman–Crippen LogP) is 3.62. The van der Waals surface area contributed by atoms with E-state index in [-0.39, 0.29) is 13.6 Å². The first kappa shape index (κ1) is 6.94. The average Bonchev–Trinajstić information content (AvgIpc) is 2.26. The van der Waals surface area contributed by atoms with E-state index >= 15 is 0 Å². The van der Waals surface area contributed by atoms with Crippen molar-refractivity contribution in [2.45, 2.75) is 9.98 Å². The van der Waals surface area contributed by atoms with E-state index in [0.29, 0.717) is 0 Å². The second kappa shape index (κ2) is 2.39. The van der Waals surface area contributed by atoms with Gasteiger partial charge in [-0.05, 0) is 0 Å². The zero-order valence-electron chi connectivity index (χ0n) is 3.76. The van der Waals surface area contributed by atoms with Crippen molar-refractivity contribution < 1.29 is 0 Å².